The number of ether oxygens (including phenoxy) is 2. The summed E-state index contributed by atoms with van der Waals surface area (Å²) in [4.78, 5) is 0. The van der Waals surface area contributed by atoms with E-state index in [1.165, 1.54) is 19.3 Å². The van der Waals surface area contributed by atoms with Gasteiger partial charge in [-0.15, -0.1) is 0 Å². The SMILES string of the molecule is NCC1(CNCC2CC3CCC2O3)CCOCC1. The van der Waals surface area contributed by atoms with Crippen molar-refractivity contribution in [1.82, 2.24) is 5.32 Å². The minimum atomic E-state index is 0.275. The van der Waals surface area contributed by atoms with Gasteiger partial charge in [-0.2, -0.15) is 0 Å². The number of fused-ring (bicyclic) bond motifs is 2. The Bertz CT molecular complexity index is 279. The molecule has 3 N–H and O–H groups in total. The summed E-state index contributed by atoms with van der Waals surface area (Å²) in [5.41, 5.74) is 6.25. The van der Waals surface area contributed by atoms with Crippen LogP contribution in [0.15, 0.2) is 0 Å². The van der Waals surface area contributed by atoms with Crippen LogP contribution >= 0.6 is 0 Å². The fourth-order valence-electron chi connectivity index (χ4n) is 3.74. The maximum absolute atomic E-state index is 5.97. The van der Waals surface area contributed by atoms with Crippen LogP contribution in [0.2, 0.25) is 0 Å². The molecule has 3 heterocycles. The quantitative estimate of drug-likeness (QED) is 0.765. The summed E-state index contributed by atoms with van der Waals surface area (Å²) in [5, 5.41) is 3.66. The molecule has 4 heteroatoms. The van der Waals surface area contributed by atoms with Gasteiger partial charge in [-0.1, -0.05) is 0 Å². The van der Waals surface area contributed by atoms with Crippen molar-refractivity contribution in [2.24, 2.45) is 17.1 Å². The Morgan fingerprint density at radius 3 is 2.67 bits per heavy atom. The average Bonchev–Trinajstić information content (AvgIpc) is 3.02. The number of hydrogen-bond donors (Lipinski definition) is 2. The first-order valence-electron chi connectivity index (χ1n) is 7.45. The fraction of sp³-hybridized carbons (Fsp3) is 1.00. The molecule has 0 aliphatic carbocycles. The smallest absolute Gasteiger partial charge is 0.0621 e. The molecule has 0 aromatic carbocycles. The van der Waals surface area contributed by atoms with Gasteiger partial charge >= 0.3 is 0 Å². The Labute approximate surface area is 110 Å². The van der Waals surface area contributed by atoms with E-state index in [-0.39, 0.29) is 5.41 Å². The molecule has 3 aliphatic heterocycles. The van der Waals surface area contributed by atoms with Gasteiger partial charge in [0.25, 0.3) is 0 Å². The van der Waals surface area contributed by atoms with Crippen LogP contribution < -0.4 is 11.1 Å². The summed E-state index contributed by atoms with van der Waals surface area (Å²) in [6, 6.07) is 0. The molecule has 0 aromatic heterocycles. The largest absolute Gasteiger partial charge is 0.381 e. The summed E-state index contributed by atoms with van der Waals surface area (Å²) in [6.07, 6.45) is 7.11. The van der Waals surface area contributed by atoms with Crippen molar-refractivity contribution < 1.29 is 9.47 Å². The van der Waals surface area contributed by atoms with Crippen LogP contribution in [-0.4, -0.2) is 45.1 Å². The molecule has 0 spiro atoms. The highest BCUT2D eigenvalue weighted by molar-refractivity contribution is 4.91. The van der Waals surface area contributed by atoms with E-state index in [4.69, 9.17) is 15.2 Å². The molecule has 3 saturated heterocycles. The molecule has 0 aromatic rings. The van der Waals surface area contributed by atoms with Crippen LogP contribution in [0.4, 0.5) is 0 Å². The van der Waals surface area contributed by atoms with Crippen LogP contribution in [0.3, 0.4) is 0 Å². The third kappa shape index (κ3) is 2.57. The molecule has 3 rings (SSSR count). The molecular weight excluding hydrogens is 228 g/mol. The van der Waals surface area contributed by atoms with E-state index in [2.05, 4.69) is 5.32 Å². The van der Waals surface area contributed by atoms with E-state index in [0.717, 1.165) is 51.6 Å². The predicted molar refractivity (Wildman–Crippen MR) is 70.4 cm³/mol. The predicted octanol–water partition coefficient (Wildman–Crippen LogP) is 0.899. The standard InChI is InChI=1S/C14H26N2O2/c15-9-14(3-5-17-6-4-14)10-16-8-11-7-12-1-2-13(11)18-12/h11-13,16H,1-10,15H2. The highest BCUT2D eigenvalue weighted by atomic mass is 16.5. The molecule has 0 saturated carbocycles. The third-order valence-electron chi connectivity index (χ3n) is 5.12. The number of hydrogen-bond acceptors (Lipinski definition) is 4. The molecule has 3 atom stereocenters. The average molecular weight is 254 g/mol. The van der Waals surface area contributed by atoms with Gasteiger partial charge in [0.2, 0.25) is 0 Å². The van der Waals surface area contributed by atoms with E-state index >= 15 is 0 Å². The molecule has 3 fully saturated rings. The summed E-state index contributed by atoms with van der Waals surface area (Å²) < 4.78 is 11.3. The normalized spacial score (nSPS) is 38.2. The van der Waals surface area contributed by atoms with Gasteiger partial charge in [-0.3, -0.25) is 0 Å². The zero-order valence-electron chi connectivity index (χ0n) is 11.2. The van der Waals surface area contributed by atoms with Gasteiger partial charge in [0, 0.05) is 32.2 Å². The van der Waals surface area contributed by atoms with E-state index in [9.17, 15) is 0 Å². The minimum absolute atomic E-state index is 0.275. The van der Waals surface area contributed by atoms with Gasteiger partial charge in [0.05, 0.1) is 12.2 Å². The highest BCUT2D eigenvalue weighted by Gasteiger charge is 2.40. The van der Waals surface area contributed by atoms with Crippen molar-refractivity contribution >= 4 is 0 Å². The summed E-state index contributed by atoms with van der Waals surface area (Å²) in [7, 11) is 0. The first kappa shape index (κ1) is 12.9. The topological polar surface area (TPSA) is 56.5 Å². The van der Waals surface area contributed by atoms with Crippen molar-refractivity contribution in [3.63, 3.8) is 0 Å². The van der Waals surface area contributed by atoms with Crippen molar-refractivity contribution in [3.8, 4) is 0 Å². The highest BCUT2D eigenvalue weighted by Crippen LogP contribution is 2.38. The Kier molecular flexibility index (Phi) is 3.89. The molecule has 104 valence electrons. The fourth-order valence-corrected chi connectivity index (χ4v) is 3.74. The molecule has 18 heavy (non-hydrogen) atoms. The van der Waals surface area contributed by atoms with Gasteiger partial charge < -0.3 is 20.5 Å². The molecule has 3 aliphatic rings. The Hall–Kier alpha value is -0.160. The van der Waals surface area contributed by atoms with Crippen molar-refractivity contribution in [2.75, 3.05) is 32.8 Å². The second-order valence-electron chi connectivity index (χ2n) is 6.32. The Morgan fingerprint density at radius 1 is 1.22 bits per heavy atom. The maximum atomic E-state index is 5.97. The molecule has 0 radical (unpaired) electrons. The van der Waals surface area contributed by atoms with E-state index in [0.29, 0.717) is 12.2 Å². The lowest BCUT2D eigenvalue weighted by Crippen LogP contribution is -2.45. The first-order valence-corrected chi connectivity index (χ1v) is 7.45. The third-order valence-corrected chi connectivity index (χ3v) is 5.12. The van der Waals surface area contributed by atoms with Crippen molar-refractivity contribution in [1.29, 1.82) is 0 Å². The second kappa shape index (κ2) is 5.45. The van der Waals surface area contributed by atoms with Gasteiger partial charge in [-0.25, -0.2) is 0 Å². The summed E-state index contributed by atoms with van der Waals surface area (Å²) >= 11 is 0. The molecule has 2 bridgehead atoms. The van der Waals surface area contributed by atoms with E-state index in [1.54, 1.807) is 0 Å². The van der Waals surface area contributed by atoms with Gasteiger partial charge in [0.15, 0.2) is 0 Å². The van der Waals surface area contributed by atoms with Crippen LogP contribution in [-0.2, 0) is 9.47 Å². The lowest BCUT2D eigenvalue weighted by molar-refractivity contribution is 0.0183. The molecule has 3 unspecified atom stereocenters. The molecule has 0 amide bonds. The van der Waals surface area contributed by atoms with E-state index < -0.39 is 0 Å². The van der Waals surface area contributed by atoms with E-state index in [1.807, 2.05) is 0 Å². The monoisotopic (exact) mass is 254 g/mol. The zero-order valence-corrected chi connectivity index (χ0v) is 11.2. The van der Waals surface area contributed by atoms with Crippen LogP contribution in [0.25, 0.3) is 0 Å². The zero-order chi connectivity index (χ0) is 12.4. The van der Waals surface area contributed by atoms with Gasteiger partial charge in [0.1, 0.15) is 0 Å². The Morgan fingerprint density at radius 2 is 2.06 bits per heavy atom. The number of rotatable bonds is 5. The lowest BCUT2D eigenvalue weighted by Gasteiger charge is -2.36. The summed E-state index contributed by atoms with van der Waals surface area (Å²) in [5.74, 6) is 0.735. The van der Waals surface area contributed by atoms with Crippen molar-refractivity contribution in [2.45, 2.75) is 44.3 Å². The number of nitrogens with two attached hydrogens (primary N) is 1. The van der Waals surface area contributed by atoms with Crippen LogP contribution in [0.5, 0.6) is 0 Å². The lowest BCUT2D eigenvalue weighted by atomic mass is 9.80. The summed E-state index contributed by atoms with van der Waals surface area (Å²) in [6.45, 7) is 4.66. The van der Waals surface area contributed by atoms with Crippen LogP contribution in [0, 0.1) is 11.3 Å². The molecular formula is C14H26N2O2. The second-order valence-corrected chi connectivity index (χ2v) is 6.32. The van der Waals surface area contributed by atoms with Gasteiger partial charge in [-0.05, 0) is 44.1 Å². The minimum Gasteiger partial charge on any atom is -0.381 e. The van der Waals surface area contributed by atoms with Crippen LogP contribution in [0.1, 0.15) is 32.1 Å². The maximum Gasteiger partial charge on any atom is 0.0621 e. The Balaban J connectivity index is 1.43. The van der Waals surface area contributed by atoms with Crippen molar-refractivity contribution in [3.05, 3.63) is 0 Å². The number of nitrogens with one attached hydrogen (secondary N) is 1. The first-order chi connectivity index (χ1) is 8.81. The molecule has 4 nitrogen and oxygen atoms in total.